The fourth-order valence-corrected chi connectivity index (χ4v) is 3.00. The molecule has 0 radical (unpaired) electrons. The van der Waals surface area contributed by atoms with Crippen molar-refractivity contribution in [2.45, 2.75) is 19.9 Å². The van der Waals surface area contributed by atoms with Crippen LogP contribution in [0.4, 0.5) is 0 Å². The standard InChI is InChI=1S/C19H26N4OS.HI/c1-3-20-19(23(2)15-16-9-5-4-6-10-16)22-13-8-12-21-18(24)17-11-7-14-25-17;/h4-7,9-11,14H,3,8,12-13,15H2,1-2H3,(H,20,22)(H,21,24);1H. The van der Waals surface area contributed by atoms with Crippen molar-refractivity contribution in [1.29, 1.82) is 0 Å². The summed E-state index contributed by atoms with van der Waals surface area (Å²) in [5, 5.41) is 8.15. The van der Waals surface area contributed by atoms with E-state index in [2.05, 4.69) is 39.6 Å². The maximum Gasteiger partial charge on any atom is 0.261 e. The van der Waals surface area contributed by atoms with Crippen LogP contribution in [0, 0.1) is 0 Å². The molecule has 0 aliphatic rings. The first-order valence-corrected chi connectivity index (χ1v) is 9.43. The zero-order valence-electron chi connectivity index (χ0n) is 15.3. The van der Waals surface area contributed by atoms with E-state index in [1.54, 1.807) is 0 Å². The average Bonchev–Trinajstić information content (AvgIpc) is 3.16. The highest BCUT2D eigenvalue weighted by molar-refractivity contribution is 14.0. The van der Waals surface area contributed by atoms with E-state index in [0.29, 0.717) is 13.1 Å². The molecule has 1 aromatic heterocycles. The molecule has 0 saturated heterocycles. The second kappa shape index (κ2) is 12.7. The van der Waals surface area contributed by atoms with Gasteiger partial charge in [-0.1, -0.05) is 36.4 Å². The Morgan fingerprint density at radius 1 is 1.15 bits per heavy atom. The normalized spacial score (nSPS) is 10.8. The Balaban J connectivity index is 0.00000338. The lowest BCUT2D eigenvalue weighted by atomic mass is 10.2. The molecule has 0 spiro atoms. The molecule has 0 bridgehead atoms. The van der Waals surface area contributed by atoms with Crippen LogP contribution in [0.15, 0.2) is 52.8 Å². The van der Waals surface area contributed by atoms with Gasteiger partial charge in [0.05, 0.1) is 4.88 Å². The van der Waals surface area contributed by atoms with Crippen LogP contribution >= 0.6 is 35.3 Å². The Bertz CT molecular complexity index is 661. The van der Waals surface area contributed by atoms with E-state index in [9.17, 15) is 4.79 Å². The number of guanidine groups is 1. The summed E-state index contributed by atoms with van der Waals surface area (Å²) in [6, 6.07) is 14.1. The number of nitrogens with one attached hydrogen (secondary N) is 2. The summed E-state index contributed by atoms with van der Waals surface area (Å²) in [6.07, 6.45) is 0.811. The number of nitrogens with zero attached hydrogens (tertiary/aromatic N) is 2. The van der Waals surface area contributed by atoms with E-state index in [4.69, 9.17) is 0 Å². The van der Waals surface area contributed by atoms with Crippen molar-refractivity contribution in [3.05, 3.63) is 58.3 Å². The van der Waals surface area contributed by atoms with Crippen LogP contribution in [0.5, 0.6) is 0 Å². The minimum atomic E-state index is -0.00733. The second-order valence-electron chi connectivity index (χ2n) is 5.66. The molecule has 7 heteroatoms. The Kier molecular flexibility index (Phi) is 11.0. The first kappa shape index (κ1) is 22.4. The third-order valence-electron chi connectivity index (χ3n) is 3.59. The van der Waals surface area contributed by atoms with E-state index in [0.717, 1.165) is 30.3 Å². The SMILES string of the molecule is CCNC(=NCCCNC(=O)c1cccs1)N(C)Cc1ccccc1.I. The van der Waals surface area contributed by atoms with Crippen molar-refractivity contribution in [3.63, 3.8) is 0 Å². The third-order valence-corrected chi connectivity index (χ3v) is 4.45. The van der Waals surface area contributed by atoms with Crippen molar-refractivity contribution in [2.24, 2.45) is 4.99 Å². The third kappa shape index (κ3) is 7.74. The lowest BCUT2D eigenvalue weighted by molar-refractivity contribution is 0.0957. The van der Waals surface area contributed by atoms with Gasteiger partial charge >= 0.3 is 0 Å². The summed E-state index contributed by atoms with van der Waals surface area (Å²) in [5.41, 5.74) is 1.25. The van der Waals surface area contributed by atoms with Crippen LogP contribution in [0.3, 0.4) is 0 Å². The van der Waals surface area contributed by atoms with Crippen LogP contribution in [0.25, 0.3) is 0 Å². The van der Waals surface area contributed by atoms with Crippen molar-refractivity contribution in [1.82, 2.24) is 15.5 Å². The van der Waals surface area contributed by atoms with Crippen LogP contribution in [-0.4, -0.2) is 43.4 Å². The maximum atomic E-state index is 11.9. The molecule has 0 fully saturated rings. The van der Waals surface area contributed by atoms with Gasteiger partial charge in [0.2, 0.25) is 0 Å². The molecule has 2 aromatic rings. The summed E-state index contributed by atoms with van der Waals surface area (Å²) < 4.78 is 0. The number of halogens is 1. The maximum absolute atomic E-state index is 11.9. The molecule has 5 nitrogen and oxygen atoms in total. The van der Waals surface area contributed by atoms with Gasteiger partial charge in [0.25, 0.3) is 5.91 Å². The molecule has 26 heavy (non-hydrogen) atoms. The predicted molar refractivity (Wildman–Crippen MR) is 121 cm³/mol. The molecule has 2 N–H and O–H groups in total. The molecule has 0 atom stereocenters. The van der Waals surface area contributed by atoms with Crippen LogP contribution < -0.4 is 10.6 Å². The number of thiophene rings is 1. The summed E-state index contributed by atoms with van der Waals surface area (Å²) in [5.74, 6) is 0.878. The lowest BCUT2D eigenvalue weighted by Gasteiger charge is -2.22. The van der Waals surface area contributed by atoms with Gasteiger partial charge in [0.1, 0.15) is 0 Å². The zero-order valence-corrected chi connectivity index (χ0v) is 18.4. The van der Waals surface area contributed by atoms with Gasteiger partial charge < -0.3 is 15.5 Å². The molecule has 1 amide bonds. The Morgan fingerprint density at radius 3 is 2.58 bits per heavy atom. The topological polar surface area (TPSA) is 56.7 Å². The minimum absolute atomic E-state index is 0. The number of rotatable bonds is 8. The molecular weight excluding hydrogens is 459 g/mol. The van der Waals surface area contributed by atoms with Crippen molar-refractivity contribution in [3.8, 4) is 0 Å². The number of hydrogen-bond donors (Lipinski definition) is 2. The smallest absolute Gasteiger partial charge is 0.261 e. The highest BCUT2D eigenvalue weighted by Crippen LogP contribution is 2.07. The molecule has 1 aromatic carbocycles. The van der Waals surface area contributed by atoms with Gasteiger partial charge in [0, 0.05) is 33.2 Å². The highest BCUT2D eigenvalue weighted by Gasteiger charge is 2.07. The van der Waals surface area contributed by atoms with E-state index in [-0.39, 0.29) is 29.9 Å². The van der Waals surface area contributed by atoms with Crippen molar-refractivity contribution in [2.75, 3.05) is 26.7 Å². The molecule has 142 valence electrons. The monoisotopic (exact) mass is 486 g/mol. The van der Waals surface area contributed by atoms with E-state index in [1.807, 2.05) is 42.8 Å². The zero-order chi connectivity index (χ0) is 17.9. The fraction of sp³-hybridized carbons (Fsp3) is 0.368. The minimum Gasteiger partial charge on any atom is -0.357 e. The van der Waals surface area contributed by atoms with Crippen molar-refractivity contribution < 1.29 is 4.79 Å². The van der Waals surface area contributed by atoms with Crippen molar-refractivity contribution >= 4 is 47.2 Å². The summed E-state index contributed by atoms with van der Waals surface area (Å²) in [4.78, 5) is 19.4. The molecule has 0 saturated carbocycles. The number of aliphatic imine (C=N–C) groups is 1. The molecular formula is C19H27IN4OS. The molecule has 2 rings (SSSR count). The van der Waals surface area contributed by atoms with Crippen LogP contribution in [0.1, 0.15) is 28.6 Å². The Labute approximate surface area is 176 Å². The van der Waals surface area contributed by atoms with Crippen LogP contribution in [-0.2, 0) is 6.54 Å². The largest absolute Gasteiger partial charge is 0.357 e. The summed E-state index contributed by atoms with van der Waals surface area (Å²) in [7, 11) is 2.03. The van der Waals surface area contributed by atoms with Gasteiger partial charge in [-0.25, -0.2) is 0 Å². The molecule has 1 heterocycles. The Hall–Kier alpha value is -1.61. The second-order valence-corrected chi connectivity index (χ2v) is 6.61. The lowest BCUT2D eigenvalue weighted by Crippen LogP contribution is -2.38. The van der Waals surface area contributed by atoms with Gasteiger partial charge in [-0.3, -0.25) is 9.79 Å². The van der Waals surface area contributed by atoms with E-state index in [1.165, 1.54) is 16.9 Å². The number of carbonyl (C=O) groups excluding carboxylic acids is 1. The van der Waals surface area contributed by atoms with Gasteiger partial charge in [0.15, 0.2) is 5.96 Å². The number of benzene rings is 1. The van der Waals surface area contributed by atoms with E-state index < -0.39 is 0 Å². The Morgan fingerprint density at radius 2 is 1.92 bits per heavy atom. The van der Waals surface area contributed by atoms with Gasteiger partial charge in [-0.05, 0) is 30.4 Å². The molecule has 0 unspecified atom stereocenters. The van der Waals surface area contributed by atoms with Gasteiger partial charge in [-0.15, -0.1) is 35.3 Å². The highest BCUT2D eigenvalue weighted by atomic mass is 127. The molecule has 0 aliphatic heterocycles. The predicted octanol–water partition coefficient (Wildman–Crippen LogP) is 3.58. The van der Waals surface area contributed by atoms with E-state index >= 15 is 0 Å². The fourth-order valence-electron chi connectivity index (χ4n) is 2.36. The number of amides is 1. The molecule has 0 aliphatic carbocycles. The quantitative estimate of drug-likeness (QED) is 0.260. The summed E-state index contributed by atoms with van der Waals surface area (Å²) >= 11 is 1.45. The summed E-state index contributed by atoms with van der Waals surface area (Å²) in [6.45, 7) is 5.00. The average molecular weight is 486 g/mol. The number of carbonyl (C=O) groups is 1. The van der Waals surface area contributed by atoms with Gasteiger partial charge in [-0.2, -0.15) is 0 Å². The number of hydrogen-bond acceptors (Lipinski definition) is 3. The first-order valence-electron chi connectivity index (χ1n) is 8.55. The van der Waals surface area contributed by atoms with Crippen LogP contribution in [0.2, 0.25) is 0 Å². The first-order chi connectivity index (χ1) is 12.2.